The van der Waals surface area contributed by atoms with Gasteiger partial charge < -0.3 is 15.2 Å². The van der Waals surface area contributed by atoms with Gasteiger partial charge in [0.1, 0.15) is 11.5 Å². The zero-order chi connectivity index (χ0) is 22.4. The number of fused-ring (bicyclic) bond motifs is 1. The standard InChI is InChI=1S/C14H19NO.C14H14O/c1-5-16-11-6-7-13-12(8-11)10(2)9-14(3,4)15-13;1-11(12-7-3-2-4-8-12)13-9-5-6-10-14(13)15/h6-9,15H,5H2,1-4H3;2-11,15H,1H3. The third-order valence-corrected chi connectivity index (χ3v) is 5.46. The summed E-state index contributed by atoms with van der Waals surface area (Å²) < 4.78 is 5.52. The van der Waals surface area contributed by atoms with E-state index < -0.39 is 0 Å². The molecule has 4 rings (SSSR count). The number of phenols is 1. The molecule has 0 spiro atoms. The van der Waals surface area contributed by atoms with Crippen molar-refractivity contribution in [3.63, 3.8) is 0 Å². The number of anilines is 1. The van der Waals surface area contributed by atoms with Crippen molar-refractivity contribution in [2.45, 2.75) is 46.1 Å². The number of ether oxygens (including phenoxy) is 1. The molecule has 0 saturated heterocycles. The van der Waals surface area contributed by atoms with E-state index in [9.17, 15) is 5.11 Å². The van der Waals surface area contributed by atoms with Gasteiger partial charge in [-0.05, 0) is 63.1 Å². The maximum Gasteiger partial charge on any atom is 0.120 e. The Hall–Kier alpha value is -3.20. The van der Waals surface area contributed by atoms with Gasteiger partial charge in [-0.25, -0.2) is 0 Å². The topological polar surface area (TPSA) is 41.5 Å². The van der Waals surface area contributed by atoms with Crippen LogP contribution < -0.4 is 10.1 Å². The Morgan fingerprint density at radius 3 is 2.32 bits per heavy atom. The second kappa shape index (κ2) is 9.74. The predicted molar refractivity (Wildman–Crippen MR) is 131 cm³/mol. The molecule has 1 aliphatic rings. The van der Waals surface area contributed by atoms with Gasteiger partial charge in [0.15, 0.2) is 0 Å². The number of aromatic hydroxyl groups is 1. The van der Waals surface area contributed by atoms with Crippen LogP contribution in [0.1, 0.15) is 57.2 Å². The van der Waals surface area contributed by atoms with E-state index in [1.54, 1.807) is 6.07 Å². The molecular formula is C28H33NO2. The average molecular weight is 416 g/mol. The van der Waals surface area contributed by atoms with Crippen LogP contribution in [-0.2, 0) is 0 Å². The molecule has 162 valence electrons. The smallest absolute Gasteiger partial charge is 0.120 e. The van der Waals surface area contributed by atoms with Crippen molar-refractivity contribution in [2.24, 2.45) is 0 Å². The van der Waals surface area contributed by atoms with Crippen LogP contribution in [0.4, 0.5) is 5.69 Å². The third kappa shape index (κ3) is 5.69. The zero-order valence-corrected chi connectivity index (χ0v) is 19.1. The number of nitrogens with one attached hydrogen (secondary N) is 1. The molecule has 3 aromatic carbocycles. The fraction of sp³-hybridized carbons (Fsp3) is 0.286. The lowest BCUT2D eigenvalue weighted by atomic mass is 9.91. The van der Waals surface area contributed by atoms with Crippen molar-refractivity contribution >= 4 is 11.3 Å². The first-order valence-electron chi connectivity index (χ1n) is 10.9. The molecule has 31 heavy (non-hydrogen) atoms. The molecular weight excluding hydrogens is 382 g/mol. The van der Waals surface area contributed by atoms with Crippen molar-refractivity contribution in [3.8, 4) is 11.5 Å². The summed E-state index contributed by atoms with van der Waals surface area (Å²) in [6.07, 6.45) is 2.26. The zero-order valence-electron chi connectivity index (χ0n) is 19.1. The molecule has 0 fully saturated rings. The summed E-state index contributed by atoms with van der Waals surface area (Å²) in [4.78, 5) is 0. The summed E-state index contributed by atoms with van der Waals surface area (Å²) >= 11 is 0. The summed E-state index contributed by atoms with van der Waals surface area (Å²) in [6, 6.07) is 23.9. The van der Waals surface area contributed by atoms with E-state index in [0.717, 1.165) is 11.3 Å². The Morgan fingerprint density at radius 1 is 0.968 bits per heavy atom. The number of allylic oxidation sites excluding steroid dienone is 1. The Morgan fingerprint density at radius 2 is 1.65 bits per heavy atom. The van der Waals surface area contributed by atoms with E-state index in [2.05, 4.69) is 63.4 Å². The molecule has 1 aliphatic heterocycles. The van der Waals surface area contributed by atoms with E-state index in [1.807, 2.05) is 49.4 Å². The Labute approximate surface area is 186 Å². The quantitative estimate of drug-likeness (QED) is 0.472. The Balaban J connectivity index is 0.000000176. The highest BCUT2D eigenvalue weighted by atomic mass is 16.5. The van der Waals surface area contributed by atoms with Gasteiger partial charge in [-0.2, -0.15) is 0 Å². The molecule has 3 aromatic rings. The van der Waals surface area contributed by atoms with Crippen LogP contribution in [0.3, 0.4) is 0 Å². The normalized spacial score (nSPS) is 14.8. The van der Waals surface area contributed by atoms with Gasteiger partial charge in [-0.1, -0.05) is 61.5 Å². The fourth-order valence-corrected chi connectivity index (χ4v) is 3.99. The number of hydrogen-bond donors (Lipinski definition) is 2. The predicted octanol–water partition coefficient (Wildman–Crippen LogP) is 7.24. The number of para-hydroxylation sites is 1. The van der Waals surface area contributed by atoms with Crippen molar-refractivity contribution in [1.82, 2.24) is 0 Å². The highest BCUT2D eigenvalue weighted by molar-refractivity contribution is 5.80. The van der Waals surface area contributed by atoms with Crippen molar-refractivity contribution in [2.75, 3.05) is 11.9 Å². The van der Waals surface area contributed by atoms with Crippen molar-refractivity contribution < 1.29 is 9.84 Å². The van der Waals surface area contributed by atoms with Crippen LogP contribution in [0.2, 0.25) is 0 Å². The second-order valence-electron chi connectivity index (χ2n) is 8.51. The van der Waals surface area contributed by atoms with Crippen LogP contribution in [0.25, 0.3) is 5.57 Å². The van der Waals surface area contributed by atoms with E-state index in [0.29, 0.717) is 12.4 Å². The highest BCUT2D eigenvalue weighted by Gasteiger charge is 2.22. The third-order valence-electron chi connectivity index (χ3n) is 5.46. The summed E-state index contributed by atoms with van der Waals surface area (Å²) in [5, 5.41) is 13.2. The average Bonchev–Trinajstić information content (AvgIpc) is 2.75. The van der Waals surface area contributed by atoms with Crippen LogP contribution in [-0.4, -0.2) is 17.3 Å². The number of rotatable bonds is 4. The SMILES string of the molecule is CC(c1ccccc1)c1ccccc1O.CCOc1ccc2c(c1)C(C)=CC(C)(C)N2. The number of benzene rings is 3. The lowest BCUT2D eigenvalue weighted by Gasteiger charge is -2.31. The minimum absolute atomic E-state index is 0.0320. The molecule has 1 unspecified atom stereocenters. The first kappa shape index (κ1) is 22.5. The van der Waals surface area contributed by atoms with Gasteiger partial charge in [0, 0.05) is 22.7 Å². The molecule has 0 aliphatic carbocycles. The molecule has 0 aromatic heterocycles. The van der Waals surface area contributed by atoms with Gasteiger partial charge in [0.2, 0.25) is 0 Å². The summed E-state index contributed by atoms with van der Waals surface area (Å²) in [6.45, 7) is 11.3. The molecule has 0 amide bonds. The maximum absolute atomic E-state index is 9.74. The lowest BCUT2D eigenvalue weighted by molar-refractivity contribution is 0.340. The second-order valence-corrected chi connectivity index (χ2v) is 8.51. The first-order chi connectivity index (χ1) is 14.8. The highest BCUT2D eigenvalue weighted by Crippen LogP contribution is 2.35. The minimum Gasteiger partial charge on any atom is -0.508 e. The summed E-state index contributed by atoms with van der Waals surface area (Å²) in [5.41, 5.74) is 5.96. The Kier molecular flexibility index (Phi) is 7.06. The van der Waals surface area contributed by atoms with Gasteiger partial charge in [0.05, 0.1) is 12.1 Å². The monoisotopic (exact) mass is 415 g/mol. The molecule has 0 saturated carbocycles. The van der Waals surface area contributed by atoms with Gasteiger partial charge in [-0.15, -0.1) is 0 Å². The summed E-state index contributed by atoms with van der Waals surface area (Å²) in [5.74, 6) is 1.54. The maximum atomic E-state index is 9.74. The molecule has 2 N–H and O–H groups in total. The van der Waals surface area contributed by atoms with Crippen LogP contribution in [0, 0.1) is 0 Å². The molecule has 1 heterocycles. The van der Waals surface area contributed by atoms with Crippen molar-refractivity contribution in [3.05, 3.63) is 95.6 Å². The molecule has 1 atom stereocenters. The van der Waals surface area contributed by atoms with Gasteiger partial charge in [-0.3, -0.25) is 0 Å². The lowest BCUT2D eigenvalue weighted by Crippen LogP contribution is -2.31. The van der Waals surface area contributed by atoms with E-state index >= 15 is 0 Å². The largest absolute Gasteiger partial charge is 0.508 e. The van der Waals surface area contributed by atoms with Crippen molar-refractivity contribution in [1.29, 1.82) is 0 Å². The number of hydrogen-bond acceptors (Lipinski definition) is 3. The fourth-order valence-electron chi connectivity index (χ4n) is 3.99. The molecule has 3 heteroatoms. The van der Waals surface area contributed by atoms with E-state index in [1.165, 1.54) is 22.4 Å². The van der Waals surface area contributed by atoms with Crippen LogP contribution >= 0.6 is 0 Å². The molecule has 0 radical (unpaired) electrons. The molecule has 3 nitrogen and oxygen atoms in total. The van der Waals surface area contributed by atoms with Gasteiger partial charge >= 0.3 is 0 Å². The van der Waals surface area contributed by atoms with Crippen LogP contribution in [0.5, 0.6) is 11.5 Å². The minimum atomic E-state index is 0.0320. The first-order valence-corrected chi connectivity index (χ1v) is 10.9. The summed E-state index contributed by atoms with van der Waals surface area (Å²) in [7, 11) is 0. The van der Waals surface area contributed by atoms with Gasteiger partial charge in [0.25, 0.3) is 0 Å². The van der Waals surface area contributed by atoms with E-state index in [-0.39, 0.29) is 11.5 Å². The van der Waals surface area contributed by atoms with E-state index in [4.69, 9.17) is 4.74 Å². The molecule has 0 bridgehead atoms. The Bertz CT molecular complexity index is 1040. The van der Waals surface area contributed by atoms with Crippen LogP contribution in [0.15, 0.2) is 78.9 Å². The number of phenolic OH excluding ortho intramolecular Hbond substituents is 1.